The van der Waals surface area contributed by atoms with Gasteiger partial charge in [0.15, 0.2) is 0 Å². The second-order valence-electron chi connectivity index (χ2n) is 6.34. The highest BCUT2D eigenvalue weighted by Crippen LogP contribution is 2.18. The molecule has 0 saturated heterocycles. The van der Waals surface area contributed by atoms with Crippen LogP contribution in [0.1, 0.15) is 38.3 Å². The molecule has 1 aromatic carbocycles. The molecule has 0 unspecified atom stereocenters. The third-order valence-corrected chi connectivity index (χ3v) is 3.38. The number of carbonyl (C=O) groups excluding carboxylic acids is 1. The van der Waals surface area contributed by atoms with Gasteiger partial charge in [0.2, 0.25) is 5.91 Å². The summed E-state index contributed by atoms with van der Waals surface area (Å²) in [6.07, 6.45) is 1.68. The summed E-state index contributed by atoms with van der Waals surface area (Å²) < 4.78 is 0. The minimum Gasteiger partial charge on any atom is -0.351 e. The van der Waals surface area contributed by atoms with Crippen LogP contribution in [-0.4, -0.2) is 29.4 Å². The van der Waals surface area contributed by atoms with E-state index in [4.69, 9.17) is 0 Å². The highest BCUT2D eigenvalue weighted by molar-refractivity contribution is 5.76. The van der Waals surface area contributed by atoms with E-state index in [1.54, 1.807) is 0 Å². The average molecular weight is 260 g/mol. The summed E-state index contributed by atoms with van der Waals surface area (Å²) in [5.41, 5.74) is 2.73. The minimum atomic E-state index is -0.133. The van der Waals surface area contributed by atoms with Gasteiger partial charge >= 0.3 is 0 Å². The van der Waals surface area contributed by atoms with Crippen molar-refractivity contribution >= 4 is 5.91 Å². The van der Waals surface area contributed by atoms with Crippen LogP contribution in [0.4, 0.5) is 0 Å². The third-order valence-electron chi connectivity index (χ3n) is 3.38. The zero-order chi connectivity index (χ0) is 13.9. The quantitative estimate of drug-likeness (QED) is 0.905. The molecule has 0 aliphatic carbocycles. The first-order chi connectivity index (χ1) is 8.94. The molecule has 0 aromatic heterocycles. The normalized spacial score (nSPS) is 15.9. The van der Waals surface area contributed by atoms with Gasteiger partial charge in [-0.1, -0.05) is 24.3 Å². The maximum atomic E-state index is 11.8. The van der Waals surface area contributed by atoms with Gasteiger partial charge in [0.1, 0.15) is 0 Å². The standard InChI is InChI=1S/C16H24N2O/c1-16(2,3)17-15(19)9-11-18-10-8-13-6-4-5-7-14(13)12-18/h4-7H,8-12H2,1-3H3,(H,17,19). The van der Waals surface area contributed by atoms with Gasteiger partial charge in [0.25, 0.3) is 0 Å². The van der Waals surface area contributed by atoms with Crippen LogP contribution in [0.25, 0.3) is 0 Å². The number of benzene rings is 1. The Labute approximate surface area is 116 Å². The van der Waals surface area contributed by atoms with Crippen LogP contribution in [0, 0.1) is 0 Å². The molecule has 19 heavy (non-hydrogen) atoms. The summed E-state index contributed by atoms with van der Waals surface area (Å²) in [6.45, 7) is 8.92. The number of rotatable bonds is 3. The van der Waals surface area contributed by atoms with Gasteiger partial charge in [0, 0.05) is 31.6 Å². The lowest BCUT2D eigenvalue weighted by atomic mass is 10.00. The van der Waals surface area contributed by atoms with Gasteiger partial charge < -0.3 is 5.32 Å². The molecule has 0 atom stereocenters. The molecule has 104 valence electrons. The number of carbonyl (C=O) groups is 1. The van der Waals surface area contributed by atoms with E-state index in [1.165, 1.54) is 11.1 Å². The smallest absolute Gasteiger partial charge is 0.221 e. The Morgan fingerprint density at radius 2 is 1.95 bits per heavy atom. The van der Waals surface area contributed by atoms with Crippen LogP contribution in [-0.2, 0) is 17.8 Å². The molecule has 1 aliphatic rings. The lowest BCUT2D eigenvalue weighted by molar-refractivity contribution is -0.122. The lowest BCUT2D eigenvalue weighted by Gasteiger charge is -2.29. The molecule has 0 radical (unpaired) electrons. The Kier molecular flexibility index (Phi) is 4.25. The fraction of sp³-hybridized carbons (Fsp3) is 0.562. The van der Waals surface area contributed by atoms with Crippen LogP contribution < -0.4 is 5.32 Å². The first-order valence-electron chi connectivity index (χ1n) is 7.04. The zero-order valence-electron chi connectivity index (χ0n) is 12.2. The van der Waals surface area contributed by atoms with E-state index >= 15 is 0 Å². The maximum absolute atomic E-state index is 11.8. The SMILES string of the molecule is CC(C)(C)NC(=O)CCN1CCc2ccccc2C1. The topological polar surface area (TPSA) is 32.3 Å². The zero-order valence-corrected chi connectivity index (χ0v) is 12.2. The second kappa shape index (κ2) is 5.74. The molecule has 1 aliphatic heterocycles. The molecule has 1 heterocycles. The summed E-state index contributed by atoms with van der Waals surface area (Å²) in [7, 11) is 0. The van der Waals surface area contributed by atoms with Crippen LogP contribution in [0.15, 0.2) is 24.3 Å². The molecule has 0 saturated carbocycles. The van der Waals surface area contributed by atoms with Gasteiger partial charge in [0.05, 0.1) is 0 Å². The number of hydrogen-bond donors (Lipinski definition) is 1. The molecule has 3 heteroatoms. The molecule has 3 nitrogen and oxygen atoms in total. The Bertz CT molecular complexity index is 448. The van der Waals surface area contributed by atoms with Crippen molar-refractivity contribution in [3.8, 4) is 0 Å². The highest BCUT2D eigenvalue weighted by Gasteiger charge is 2.18. The summed E-state index contributed by atoms with van der Waals surface area (Å²) in [4.78, 5) is 14.2. The van der Waals surface area contributed by atoms with Gasteiger partial charge in [-0.15, -0.1) is 0 Å². The first kappa shape index (κ1) is 14.1. The Balaban J connectivity index is 1.81. The Hall–Kier alpha value is -1.35. The number of amides is 1. The second-order valence-corrected chi connectivity index (χ2v) is 6.34. The monoisotopic (exact) mass is 260 g/mol. The number of fused-ring (bicyclic) bond motifs is 1. The Morgan fingerprint density at radius 1 is 1.26 bits per heavy atom. The molecule has 0 spiro atoms. The van der Waals surface area contributed by atoms with E-state index in [1.807, 2.05) is 20.8 Å². The molecule has 2 rings (SSSR count). The largest absolute Gasteiger partial charge is 0.351 e. The van der Waals surface area contributed by atoms with Crippen LogP contribution in [0.5, 0.6) is 0 Å². The molecular formula is C16H24N2O. The van der Waals surface area contributed by atoms with Crippen molar-refractivity contribution in [3.05, 3.63) is 35.4 Å². The van der Waals surface area contributed by atoms with Gasteiger partial charge in [-0.25, -0.2) is 0 Å². The van der Waals surface area contributed by atoms with E-state index < -0.39 is 0 Å². The van der Waals surface area contributed by atoms with Crippen LogP contribution in [0.3, 0.4) is 0 Å². The minimum absolute atomic E-state index is 0.133. The summed E-state index contributed by atoms with van der Waals surface area (Å²) in [5.74, 6) is 0.145. The fourth-order valence-electron chi connectivity index (χ4n) is 2.49. The predicted octanol–water partition coefficient (Wildman–Crippen LogP) is 2.35. The van der Waals surface area contributed by atoms with Crippen molar-refractivity contribution in [2.45, 2.75) is 45.7 Å². The number of hydrogen-bond acceptors (Lipinski definition) is 2. The van der Waals surface area contributed by atoms with Crippen molar-refractivity contribution in [3.63, 3.8) is 0 Å². The van der Waals surface area contributed by atoms with E-state index in [0.717, 1.165) is 26.1 Å². The summed E-state index contributed by atoms with van der Waals surface area (Å²) >= 11 is 0. The molecule has 1 aromatic rings. The summed E-state index contributed by atoms with van der Waals surface area (Å²) in [6, 6.07) is 8.59. The predicted molar refractivity (Wildman–Crippen MR) is 77.9 cm³/mol. The van der Waals surface area contributed by atoms with E-state index in [0.29, 0.717) is 6.42 Å². The lowest BCUT2D eigenvalue weighted by Crippen LogP contribution is -2.42. The van der Waals surface area contributed by atoms with Crippen molar-refractivity contribution in [2.24, 2.45) is 0 Å². The van der Waals surface area contributed by atoms with E-state index in [2.05, 4.69) is 34.5 Å². The van der Waals surface area contributed by atoms with Gasteiger partial charge in [-0.05, 0) is 38.3 Å². The van der Waals surface area contributed by atoms with Crippen molar-refractivity contribution in [1.82, 2.24) is 10.2 Å². The molecule has 1 amide bonds. The third kappa shape index (κ3) is 4.35. The molecule has 1 N–H and O–H groups in total. The van der Waals surface area contributed by atoms with Crippen molar-refractivity contribution < 1.29 is 4.79 Å². The molecule has 0 bridgehead atoms. The highest BCUT2D eigenvalue weighted by atomic mass is 16.1. The van der Waals surface area contributed by atoms with E-state index in [9.17, 15) is 4.79 Å². The number of nitrogens with zero attached hydrogens (tertiary/aromatic N) is 1. The van der Waals surface area contributed by atoms with Gasteiger partial charge in [-0.2, -0.15) is 0 Å². The Morgan fingerprint density at radius 3 is 2.63 bits per heavy atom. The first-order valence-corrected chi connectivity index (χ1v) is 7.04. The van der Waals surface area contributed by atoms with Crippen LogP contribution in [0.2, 0.25) is 0 Å². The molecular weight excluding hydrogens is 236 g/mol. The van der Waals surface area contributed by atoms with Crippen LogP contribution >= 0.6 is 0 Å². The maximum Gasteiger partial charge on any atom is 0.221 e. The average Bonchev–Trinajstić information content (AvgIpc) is 2.34. The van der Waals surface area contributed by atoms with Gasteiger partial charge in [-0.3, -0.25) is 9.69 Å². The fourth-order valence-corrected chi connectivity index (χ4v) is 2.49. The van der Waals surface area contributed by atoms with Crippen molar-refractivity contribution in [2.75, 3.05) is 13.1 Å². The van der Waals surface area contributed by atoms with Crippen molar-refractivity contribution in [1.29, 1.82) is 0 Å². The number of nitrogens with one attached hydrogen (secondary N) is 1. The summed E-state index contributed by atoms with van der Waals surface area (Å²) in [5, 5.41) is 3.01. The molecule has 0 fully saturated rings. The van der Waals surface area contributed by atoms with E-state index in [-0.39, 0.29) is 11.4 Å².